The van der Waals surface area contributed by atoms with Gasteiger partial charge in [0.25, 0.3) is 0 Å². The number of unbranched alkanes of at least 4 members (excludes halogenated alkanes) is 34. The van der Waals surface area contributed by atoms with E-state index >= 15 is 0 Å². The summed E-state index contributed by atoms with van der Waals surface area (Å²) in [6, 6.07) is 0. The van der Waals surface area contributed by atoms with Crippen LogP contribution in [0, 0.1) is 5.92 Å². The highest BCUT2D eigenvalue weighted by molar-refractivity contribution is 7.47. The number of rotatable bonds is 62. The Bertz CT molecular complexity index is 1580. The lowest BCUT2D eigenvalue weighted by molar-refractivity contribution is -0.161. The highest BCUT2D eigenvalue weighted by atomic mass is 31.2. The van der Waals surface area contributed by atoms with E-state index in [1.54, 1.807) is 0 Å². The number of esters is 4. The first-order valence-corrected chi connectivity index (χ1v) is 35.6. The zero-order chi connectivity index (χ0) is 59.9. The maximum Gasteiger partial charge on any atom is 0.472 e. The lowest BCUT2D eigenvalue weighted by Gasteiger charge is -2.21. The summed E-state index contributed by atoms with van der Waals surface area (Å²) in [7, 11) is -9.88. The third-order valence-electron chi connectivity index (χ3n) is 14.3. The van der Waals surface area contributed by atoms with E-state index in [1.165, 1.54) is 135 Å². The first-order chi connectivity index (χ1) is 39.0. The van der Waals surface area contributed by atoms with E-state index in [0.717, 1.165) is 95.8 Å². The molecule has 17 nitrogen and oxygen atoms in total. The molecule has 0 aliphatic rings. The van der Waals surface area contributed by atoms with E-state index in [4.69, 9.17) is 37.0 Å². The second kappa shape index (κ2) is 55.9. The Morgan fingerprint density at radius 1 is 0.333 bits per heavy atom. The highest BCUT2D eigenvalue weighted by Crippen LogP contribution is 2.45. The Labute approximate surface area is 492 Å². The van der Waals surface area contributed by atoms with Crippen LogP contribution < -0.4 is 0 Å². The SMILES string of the molecule is CCCCCCCCCCCCCC(=O)OC[C@H](COP(=O)(O)OC[C@@H](O)COP(=O)(O)OC[C@@H](COC(=O)CCCCCCCCCCC)OC(=O)CCCCCCCCCCC)OC(=O)CCCCCCCCCCCC(C)C. The van der Waals surface area contributed by atoms with E-state index < -0.39 is 97.5 Å². The van der Waals surface area contributed by atoms with Crippen LogP contribution in [0.15, 0.2) is 0 Å². The van der Waals surface area contributed by atoms with Gasteiger partial charge in [-0.15, -0.1) is 0 Å². The first kappa shape index (κ1) is 79.1. The van der Waals surface area contributed by atoms with Crippen molar-refractivity contribution in [3.8, 4) is 0 Å². The van der Waals surface area contributed by atoms with Crippen molar-refractivity contribution in [2.24, 2.45) is 5.92 Å². The maximum absolute atomic E-state index is 12.9. The maximum atomic E-state index is 12.9. The average molecular weight is 1200 g/mol. The third kappa shape index (κ3) is 56.9. The molecule has 0 saturated carbocycles. The summed E-state index contributed by atoms with van der Waals surface area (Å²) in [5.41, 5.74) is 0. The molecule has 2 unspecified atom stereocenters. The Morgan fingerprint density at radius 2 is 0.568 bits per heavy atom. The van der Waals surface area contributed by atoms with Gasteiger partial charge in [-0.3, -0.25) is 37.3 Å². The summed E-state index contributed by atoms with van der Waals surface area (Å²) in [6.45, 7) is 7.12. The Kier molecular flexibility index (Phi) is 54.6. The number of aliphatic hydroxyl groups is 1. The zero-order valence-electron chi connectivity index (χ0n) is 51.9. The summed E-state index contributed by atoms with van der Waals surface area (Å²) in [6.07, 6.45) is 38.9. The summed E-state index contributed by atoms with van der Waals surface area (Å²) in [5, 5.41) is 10.5. The van der Waals surface area contributed by atoms with Crippen molar-refractivity contribution >= 4 is 39.5 Å². The number of ether oxygens (including phenoxy) is 4. The van der Waals surface area contributed by atoms with Crippen LogP contribution in [-0.4, -0.2) is 96.7 Å². The smallest absolute Gasteiger partial charge is 0.462 e. The van der Waals surface area contributed by atoms with Crippen LogP contribution in [0.3, 0.4) is 0 Å². The standard InChI is InChI=1S/C62H120O17P2/c1-6-9-12-15-18-21-22-27-31-36-41-46-60(65)73-52-58(79-62(67)48-43-38-33-28-23-26-29-34-39-44-55(4)5)54-77-81(70,71)75-50-56(63)49-74-80(68,69)76-53-57(78-61(66)47-42-37-32-25-20-17-14-11-8-3)51-72-59(64)45-40-35-30-24-19-16-13-10-7-2/h55-58,63H,6-54H2,1-5H3,(H,68,69)(H,70,71)/t56-,57+,58+/m0/s1. The predicted octanol–water partition coefficient (Wildman–Crippen LogP) is 17.0. The molecule has 0 aromatic heterocycles. The lowest BCUT2D eigenvalue weighted by atomic mass is 10.0. The molecular weight excluding hydrogens is 1080 g/mol. The molecule has 0 spiro atoms. The second-order valence-electron chi connectivity index (χ2n) is 22.9. The minimum atomic E-state index is -4.94. The fourth-order valence-electron chi connectivity index (χ4n) is 9.23. The van der Waals surface area contributed by atoms with Crippen LogP contribution in [0.25, 0.3) is 0 Å². The number of hydrogen-bond acceptors (Lipinski definition) is 15. The van der Waals surface area contributed by atoms with Crippen LogP contribution in [0.1, 0.15) is 311 Å². The summed E-state index contributed by atoms with van der Waals surface area (Å²) in [5.74, 6) is -1.40. The van der Waals surface area contributed by atoms with Crippen LogP contribution >= 0.6 is 15.6 Å². The van der Waals surface area contributed by atoms with Crippen LogP contribution in [0.4, 0.5) is 0 Å². The fraction of sp³-hybridized carbons (Fsp3) is 0.935. The Morgan fingerprint density at radius 3 is 0.840 bits per heavy atom. The topological polar surface area (TPSA) is 237 Å². The van der Waals surface area contributed by atoms with Gasteiger partial charge in [0.15, 0.2) is 12.2 Å². The summed E-state index contributed by atoms with van der Waals surface area (Å²) >= 11 is 0. The molecule has 0 aliphatic carbocycles. The van der Waals surface area contributed by atoms with Crippen molar-refractivity contribution in [2.75, 3.05) is 39.6 Å². The molecule has 0 aromatic rings. The molecular formula is C62H120O17P2. The van der Waals surface area contributed by atoms with Gasteiger partial charge >= 0.3 is 39.5 Å². The Balaban J connectivity index is 5.23. The van der Waals surface area contributed by atoms with Gasteiger partial charge in [-0.25, -0.2) is 9.13 Å². The quantitative estimate of drug-likeness (QED) is 0.0222. The van der Waals surface area contributed by atoms with Gasteiger partial charge in [0.2, 0.25) is 0 Å². The van der Waals surface area contributed by atoms with Crippen LogP contribution in [0.5, 0.6) is 0 Å². The van der Waals surface area contributed by atoms with Gasteiger partial charge in [0, 0.05) is 25.7 Å². The molecule has 0 saturated heterocycles. The number of hydrogen-bond donors (Lipinski definition) is 3. The number of carbonyl (C=O) groups is 4. The molecule has 81 heavy (non-hydrogen) atoms. The number of carbonyl (C=O) groups excluding carboxylic acids is 4. The van der Waals surface area contributed by atoms with Gasteiger partial charge in [-0.1, -0.05) is 259 Å². The molecule has 480 valence electrons. The molecule has 0 aliphatic heterocycles. The highest BCUT2D eigenvalue weighted by Gasteiger charge is 2.30. The number of phosphoric ester groups is 2. The number of aliphatic hydroxyl groups excluding tert-OH is 1. The molecule has 0 fully saturated rings. The molecule has 0 aromatic carbocycles. The molecule has 19 heteroatoms. The van der Waals surface area contributed by atoms with Crippen molar-refractivity contribution in [1.82, 2.24) is 0 Å². The van der Waals surface area contributed by atoms with Crippen molar-refractivity contribution in [1.29, 1.82) is 0 Å². The molecule has 0 amide bonds. The summed E-state index contributed by atoms with van der Waals surface area (Å²) < 4.78 is 67.8. The molecule has 0 rings (SSSR count). The molecule has 0 heterocycles. The van der Waals surface area contributed by atoms with E-state index in [1.807, 2.05) is 0 Å². The minimum absolute atomic E-state index is 0.106. The van der Waals surface area contributed by atoms with E-state index in [-0.39, 0.29) is 25.7 Å². The van der Waals surface area contributed by atoms with Crippen molar-refractivity contribution < 1.29 is 80.2 Å². The van der Waals surface area contributed by atoms with E-state index in [2.05, 4.69) is 34.6 Å². The van der Waals surface area contributed by atoms with E-state index in [9.17, 15) is 43.2 Å². The zero-order valence-corrected chi connectivity index (χ0v) is 53.7. The van der Waals surface area contributed by atoms with Gasteiger partial charge in [-0.05, 0) is 31.6 Å². The fourth-order valence-corrected chi connectivity index (χ4v) is 10.8. The van der Waals surface area contributed by atoms with Crippen LogP contribution in [-0.2, 0) is 65.4 Å². The molecule has 5 atom stereocenters. The number of phosphoric acid groups is 2. The first-order valence-electron chi connectivity index (χ1n) is 32.6. The van der Waals surface area contributed by atoms with Gasteiger partial charge in [0.05, 0.1) is 26.4 Å². The van der Waals surface area contributed by atoms with E-state index in [0.29, 0.717) is 25.7 Å². The van der Waals surface area contributed by atoms with Gasteiger partial charge in [-0.2, -0.15) is 0 Å². The predicted molar refractivity (Wildman–Crippen MR) is 322 cm³/mol. The molecule has 0 bridgehead atoms. The third-order valence-corrected chi connectivity index (χ3v) is 16.2. The molecule has 0 radical (unpaired) electrons. The Hall–Kier alpha value is -1.94. The van der Waals surface area contributed by atoms with Gasteiger partial charge < -0.3 is 33.8 Å². The molecule has 3 N–H and O–H groups in total. The monoisotopic (exact) mass is 1200 g/mol. The van der Waals surface area contributed by atoms with Crippen molar-refractivity contribution in [2.45, 2.75) is 329 Å². The summed E-state index contributed by atoms with van der Waals surface area (Å²) in [4.78, 5) is 72.0. The second-order valence-corrected chi connectivity index (χ2v) is 25.8. The van der Waals surface area contributed by atoms with Crippen molar-refractivity contribution in [3.63, 3.8) is 0 Å². The minimum Gasteiger partial charge on any atom is -0.462 e. The largest absolute Gasteiger partial charge is 0.472 e. The van der Waals surface area contributed by atoms with Crippen molar-refractivity contribution in [3.05, 3.63) is 0 Å². The lowest BCUT2D eigenvalue weighted by Crippen LogP contribution is -2.30. The average Bonchev–Trinajstić information content (AvgIpc) is 3.43. The normalized spacial score (nSPS) is 14.3. The van der Waals surface area contributed by atoms with Gasteiger partial charge in [0.1, 0.15) is 19.3 Å². The van der Waals surface area contributed by atoms with Crippen LogP contribution in [0.2, 0.25) is 0 Å².